The molecule has 0 fully saturated rings. The highest BCUT2D eigenvalue weighted by molar-refractivity contribution is 6.02. The molecule has 6 heteroatoms. The average Bonchev–Trinajstić information content (AvgIpc) is 3.16. The number of aryl methyl sites for hydroxylation is 1. The molecular formula is C19H23N5O. The van der Waals surface area contributed by atoms with Crippen LogP contribution in [0.15, 0.2) is 48.9 Å². The lowest BCUT2D eigenvalue weighted by Gasteiger charge is -2.11. The number of amides is 1. The molecule has 6 nitrogen and oxygen atoms in total. The molecule has 2 aromatic heterocycles. The molecule has 0 saturated carbocycles. The number of likely N-dealkylation sites (N-methyl/N-ethyl adjacent to an activating group) is 1. The van der Waals surface area contributed by atoms with Crippen LogP contribution in [0.1, 0.15) is 5.56 Å². The number of benzene rings is 1. The maximum absolute atomic E-state index is 12.1. The van der Waals surface area contributed by atoms with Crippen molar-refractivity contribution in [3.8, 4) is 0 Å². The van der Waals surface area contributed by atoms with Crippen molar-refractivity contribution in [3.63, 3.8) is 0 Å². The summed E-state index contributed by atoms with van der Waals surface area (Å²) in [5.41, 5.74) is 2.86. The number of fused-ring (bicyclic) bond motifs is 1. The quantitative estimate of drug-likeness (QED) is 0.704. The number of nitrogens with one attached hydrogen (secondary N) is 1. The van der Waals surface area contributed by atoms with Gasteiger partial charge in [-0.05, 0) is 44.4 Å². The fourth-order valence-corrected chi connectivity index (χ4v) is 2.66. The second kappa shape index (κ2) is 7.36. The van der Waals surface area contributed by atoms with Gasteiger partial charge in [-0.1, -0.05) is 0 Å². The van der Waals surface area contributed by atoms with Crippen LogP contribution in [-0.2, 0) is 18.4 Å². The van der Waals surface area contributed by atoms with Crippen LogP contribution in [-0.4, -0.2) is 45.8 Å². The molecule has 130 valence electrons. The van der Waals surface area contributed by atoms with Gasteiger partial charge in [0.25, 0.3) is 0 Å². The van der Waals surface area contributed by atoms with E-state index in [1.807, 2.05) is 31.4 Å². The molecule has 0 atom stereocenters. The van der Waals surface area contributed by atoms with E-state index in [1.165, 1.54) is 11.6 Å². The normalized spacial score (nSPS) is 11.7. The van der Waals surface area contributed by atoms with Crippen molar-refractivity contribution < 1.29 is 4.79 Å². The molecule has 3 rings (SSSR count). The second-order valence-corrected chi connectivity index (χ2v) is 6.36. The Balaban J connectivity index is 1.67. The smallest absolute Gasteiger partial charge is 0.248 e. The van der Waals surface area contributed by atoms with Crippen molar-refractivity contribution in [2.75, 3.05) is 26.0 Å². The maximum Gasteiger partial charge on any atom is 0.248 e. The number of anilines is 1. The highest BCUT2D eigenvalue weighted by atomic mass is 16.1. The van der Waals surface area contributed by atoms with E-state index < -0.39 is 0 Å². The highest BCUT2D eigenvalue weighted by Gasteiger charge is 2.04. The Morgan fingerprint density at radius 2 is 2.16 bits per heavy atom. The number of carbonyl (C=O) groups excluding carboxylic acids is 1. The zero-order valence-electron chi connectivity index (χ0n) is 14.8. The molecule has 0 aliphatic carbocycles. The van der Waals surface area contributed by atoms with E-state index in [2.05, 4.69) is 46.2 Å². The molecule has 0 radical (unpaired) electrons. The number of hydrogen-bond donors (Lipinski definition) is 1. The van der Waals surface area contributed by atoms with Crippen molar-refractivity contribution in [1.82, 2.24) is 19.2 Å². The van der Waals surface area contributed by atoms with E-state index >= 15 is 0 Å². The van der Waals surface area contributed by atoms with Gasteiger partial charge in [-0.15, -0.1) is 0 Å². The first-order valence-corrected chi connectivity index (χ1v) is 8.22. The third-order valence-corrected chi connectivity index (χ3v) is 3.98. The first-order chi connectivity index (χ1) is 12.0. The Kier molecular flexibility index (Phi) is 5.00. The van der Waals surface area contributed by atoms with Crippen LogP contribution in [0.4, 0.5) is 5.69 Å². The van der Waals surface area contributed by atoms with Crippen molar-refractivity contribution in [3.05, 3.63) is 54.5 Å². The topological polar surface area (TPSA) is 55.1 Å². The van der Waals surface area contributed by atoms with Crippen molar-refractivity contribution in [2.24, 2.45) is 7.05 Å². The lowest BCUT2D eigenvalue weighted by Crippen LogP contribution is -2.17. The van der Waals surface area contributed by atoms with Crippen molar-refractivity contribution in [1.29, 1.82) is 0 Å². The monoisotopic (exact) mass is 337 g/mol. The zero-order chi connectivity index (χ0) is 17.8. The predicted octanol–water partition coefficient (Wildman–Crippen LogP) is 2.59. The Morgan fingerprint density at radius 3 is 2.88 bits per heavy atom. The summed E-state index contributed by atoms with van der Waals surface area (Å²) in [4.78, 5) is 14.2. The van der Waals surface area contributed by atoms with Crippen molar-refractivity contribution >= 4 is 28.6 Å². The fourth-order valence-electron chi connectivity index (χ4n) is 2.66. The van der Waals surface area contributed by atoms with Gasteiger partial charge in [0.05, 0.1) is 6.20 Å². The van der Waals surface area contributed by atoms with Gasteiger partial charge in [-0.3, -0.25) is 9.48 Å². The number of carbonyl (C=O) groups is 1. The summed E-state index contributed by atoms with van der Waals surface area (Å²) in [7, 11) is 5.98. The first kappa shape index (κ1) is 17.0. The molecule has 0 saturated heterocycles. The van der Waals surface area contributed by atoms with E-state index in [0.29, 0.717) is 0 Å². The summed E-state index contributed by atoms with van der Waals surface area (Å²) in [5.74, 6) is -0.157. The van der Waals surface area contributed by atoms with Crippen LogP contribution in [0, 0.1) is 0 Å². The minimum atomic E-state index is -0.157. The second-order valence-electron chi connectivity index (χ2n) is 6.36. The van der Waals surface area contributed by atoms with Crippen LogP contribution in [0.25, 0.3) is 17.0 Å². The number of hydrogen-bond acceptors (Lipinski definition) is 3. The Morgan fingerprint density at radius 1 is 1.32 bits per heavy atom. The third-order valence-electron chi connectivity index (χ3n) is 3.98. The number of aromatic nitrogens is 3. The van der Waals surface area contributed by atoms with Crippen LogP contribution >= 0.6 is 0 Å². The van der Waals surface area contributed by atoms with Gasteiger partial charge in [-0.25, -0.2) is 0 Å². The molecule has 0 bridgehead atoms. The molecule has 1 N–H and O–H groups in total. The lowest BCUT2D eigenvalue weighted by atomic mass is 10.2. The highest BCUT2D eigenvalue weighted by Crippen LogP contribution is 2.20. The van der Waals surface area contributed by atoms with E-state index in [1.54, 1.807) is 17.0 Å². The molecular weight excluding hydrogens is 314 g/mol. The molecule has 0 unspecified atom stereocenters. The molecule has 0 aliphatic heterocycles. The number of rotatable bonds is 6. The minimum Gasteiger partial charge on any atom is -0.346 e. The predicted molar refractivity (Wildman–Crippen MR) is 101 cm³/mol. The Hall–Kier alpha value is -2.86. The van der Waals surface area contributed by atoms with Crippen molar-refractivity contribution in [2.45, 2.75) is 6.54 Å². The zero-order valence-corrected chi connectivity index (χ0v) is 14.8. The minimum absolute atomic E-state index is 0.157. The molecule has 3 aromatic rings. The molecule has 0 aliphatic rings. The van der Waals surface area contributed by atoms with E-state index in [9.17, 15) is 4.79 Å². The van der Waals surface area contributed by atoms with Gasteiger partial charge in [0.2, 0.25) is 5.91 Å². The van der Waals surface area contributed by atoms with E-state index in [4.69, 9.17) is 0 Å². The third kappa shape index (κ3) is 4.36. The van der Waals surface area contributed by atoms with E-state index in [0.717, 1.165) is 29.7 Å². The summed E-state index contributed by atoms with van der Waals surface area (Å²) in [6, 6.07) is 8.05. The standard InChI is InChI=1S/C19H23N5O/c1-22(2)10-11-24-9-8-16-12-17(5-6-18(16)24)21-19(25)7-4-15-13-20-23(3)14-15/h4-9,12-14H,10-11H2,1-3H3,(H,21,25)/b7-4-. The fraction of sp³-hybridized carbons (Fsp3) is 0.263. The summed E-state index contributed by atoms with van der Waals surface area (Å²) in [6.07, 6.45) is 8.92. The van der Waals surface area contributed by atoms with Gasteiger partial charge < -0.3 is 14.8 Å². The number of nitrogens with zero attached hydrogens (tertiary/aromatic N) is 4. The van der Waals surface area contributed by atoms with E-state index in [-0.39, 0.29) is 5.91 Å². The molecule has 0 spiro atoms. The molecule has 2 heterocycles. The van der Waals surface area contributed by atoms with Crippen LogP contribution in [0.5, 0.6) is 0 Å². The van der Waals surface area contributed by atoms with Gasteiger partial charge in [0.15, 0.2) is 0 Å². The SMILES string of the molecule is CN(C)CCn1ccc2cc(NC(=O)/C=C\c3cnn(C)c3)ccc21. The summed E-state index contributed by atoms with van der Waals surface area (Å²) in [5, 5.41) is 8.09. The summed E-state index contributed by atoms with van der Waals surface area (Å²) in [6.45, 7) is 1.93. The maximum atomic E-state index is 12.1. The molecule has 1 aromatic carbocycles. The molecule has 25 heavy (non-hydrogen) atoms. The summed E-state index contributed by atoms with van der Waals surface area (Å²) < 4.78 is 3.93. The van der Waals surface area contributed by atoms with Gasteiger partial charge in [-0.2, -0.15) is 5.10 Å². The van der Waals surface area contributed by atoms with Gasteiger partial charge >= 0.3 is 0 Å². The first-order valence-electron chi connectivity index (χ1n) is 8.22. The average molecular weight is 337 g/mol. The Labute approximate surface area is 147 Å². The van der Waals surface area contributed by atoms with Gasteiger partial charge in [0.1, 0.15) is 0 Å². The Bertz CT molecular complexity index is 904. The van der Waals surface area contributed by atoms with Crippen LogP contribution in [0.2, 0.25) is 0 Å². The molecule has 1 amide bonds. The largest absolute Gasteiger partial charge is 0.346 e. The lowest BCUT2D eigenvalue weighted by molar-refractivity contribution is -0.111. The van der Waals surface area contributed by atoms with Crippen LogP contribution < -0.4 is 5.32 Å². The van der Waals surface area contributed by atoms with Crippen LogP contribution in [0.3, 0.4) is 0 Å². The summed E-state index contributed by atoms with van der Waals surface area (Å²) >= 11 is 0. The van der Waals surface area contributed by atoms with Gasteiger partial charge in [0, 0.05) is 60.8 Å².